The summed E-state index contributed by atoms with van der Waals surface area (Å²) in [4.78, 5) is 73.5. The Morgan fingerprint density at radius 3 is 2.13 bits per heavy atom. The molecule has 45 heavy (non-hydrogen) atoms. The maximum atomic E-state index is 13.8. The zero-order chi connectivity index (χ0) is 32.9. The van der Waals surface area contributed by atoms with Crippen LogP contribution < -0.4 is 10.3 Å². The van der Waals surface area contributed by atoms with Crippen molar-refractivity contribution in [3.05, 3.63) is 93.7 Å². The molecule has 3 aromatic rings. The minimum atomic E-state index is -1.53. The third-order valence-corrected chi connectivity index (χ3v) is 7.08. The van der Waals surface area contributed by atoms with E-state index in [-0.39, 0.29) is 37.6 Å². The van der Waals surface area contributed by atoms with Crippen molar-refractivity contribution in [2.75, 3.05) is 26.7 Å². The van der Waals surface area contributed by atoms with Gasteiger partial charge in [0.05, 0.1) is 19.2 Å². The fourth-order valence-electron chi connectivity index (χ4n) is 4.88. The summed E-state index contributed by atoms with van der Waals surface area (Å²) in [5, 5.41) is 0. The van der Waals surface area contributed by atoms with Crippen LogP contribution in [0.1, 0.15) is 59.9 Å². The number of hydrogen-bond acceptors (Lipinski definition) is 10. The highest BCUT2D eigenvalue weighted by molar-refractivity contribution is 5.94. The number of carbonyl (C=O) groups excluding carboxylic acids is 4. The summed E-state index contributed by atoms with van der Waals surface area (Å²) in [5.41, 5.74) is -2.90. The summed E-state index contributed by atoms with van der Waals surface area (Å²) in [6.45, 7) is 6.64. The van der Waals surface area contributed by atoms with E-state index in [1.165, 1.54) is 29.0 Å². The molecular weight excluding hydrogens is 584 g/mol. The van der Waals surface area contributed by atoms with Crippen LogP contribution >= 0.6 is 0 Å². The van der Waals surface area contributed by atoms with Crippen LogP contribution in [0.15, 0.2) is 65.5 Å². The molecule has 13 nitrogen and oxygen atoms in total. The molecule has 13 heteroatoms. The molecule has 0 bridgehead atoms. The lowest BCUT2D eigenvalue weighted by Crippen LogP contribution is -2.63. The number of piperazine rings is 1. The number of amides is 2. The number of carbonyl (C=O) groups is 4. The zero-order valence-corrected chi connectivity index (χ0v) is 26.1. The second kappa shape index (κ2) is 13.2. The van der Waals surface area contributed by atoms with E-state index in [1.54, 1.807) is 58.0 Å². The van der Waals surface area contributed by atoms with E-state index in [4.69, 9.17) is 18.9 Å². The zero-order valence-electron chi connectivity index (χ0n) is 26.1. The van der Waals surface area contributed by atoms with E-state index in [0.717, 1.165) is 17.2 Å². The van der Waals surface area contributed by atoms with Crippen molar-refractivity contribution in [1.29, 1.82) is 0 Å². The molecule has 4 rings (SSSR count). The Bertz CT molecular complexity index is 1630. The van der Waals surface area contributed by atoms with Crippen molar-refractivity contribution in [3.8, 4) is 5.75 Å². The monoisotopic (exact) mass is 620 g/mol. The van der Waals surface area contributed by atoms with E-state index in [9.17, 15) is 24.0 Å². The average molecular weight is 621 g/mol. The molecule has 2 heterocycles. The predicted molar refractivity (Wildman–Crippen MR) is 161 cm³/mol. The molecule has 238 valence electrons. The van der Waals surface area contributed by atoms with Crippen molar-refractivity contribution in [2.45, 2.75) is 45.4 Å². The molecule has 0 N–H and O–H groups in total. The average Bonchev–Trinajstić information content (AvgIpc) is 3.01. The summed E-state index contributed by atoms with van der Waals surface area (Å²) in [5.74, 6) is -2.68. The number of rotatable bonds is 6. The molecule has 2 aromatic carbocycles. The lowest BCUT2D eigenvalue weighted by Gasteiger charge is -2.47. The van der Waals surface area contributed by atoms with Gasteiger partial charge in [-0.05, 0) is 45.4 Å². The minimum absolute atomic E-state index is 0.0163. The lowest BCUT2D eigenvalue weighted by atomic mass is 9.94. The summed E-state index contributed by atoms with van der Waals surface area (Å²) in [7, 11) is 2.44. The number of ether oxygens (including phenoxy) is 4. The SMILES string of the molecule is COC(=O)c1nc(C2(C)CN(C(=O)OC(C)(C)C)CCN2C(=O)OCc2ccccc2)n(C)c(=O)c1OC(=O)c1ccccc1. The number of aromatic nitrogens is 2. The highest BCUT2D eigenvalue weighted by Gasteiger charge is 2.48. The van der Waals surface area contributed by atoms with Crippen LogP contribution in [-0.4, -0.2) is 75.8 Å². The van der Waals surface area contributed by atoms with Crippen LogP contribution in [-0.2, 0) is 33.4 Å². The first-order valence-corrected chi connectivity index (χ1v) is 14.2. The van der Waals surface area contributed by atoms with Gasteiger partial charge in [-0.2, -0.15) is 0 Å². The maximum Gasteiger partial charge on any atom is 0.411 e. The van der Waals surface area contributed by atoms with Crippen LogP contribution in [0, 0.1) is 0 Å². The molecule has 0 spiro atoms. The van der Waals surface area contributed by atoms with Gasteiger partial charge in [-0.15, -0.1) is 0 Å². The Labute approximate surface area is 260 Å². The minimum Gasteiger partial charge on any atom is -0.464 e. The molecule has 1 aliphatic heterocycles. The Kier molecular flexibility index (Phi) is 9.60. The number of esters is 2. The van der Waals surface area contributed by atoms with Gasteiger partial charge in [0.2, 0.25) is 5.75 Å². The molecule has 2 amide bonds. The molecule has 1 atom stereocenters. The summed E-state index contributed by atoms with van der Waals surface area (Å²) < 4.78 is 22.5. The third-order valence-electron chi connectivity index (χ3n) is 7.08. The standard InChI is InChI=1S/C32H36N4O9/c1-31(2,3)45-29(40)35-17-18-36(30(41)43-19-21-13-9-7-10-14-21)32(4,20-35)28-33-23(27(39)42-6)24(25(37)34(28)5)44-26(38)22-15-11-8-12-16-22/h7-16H,17-20H2,1-6H3. The van der Waals surface area contributed by atoms with Crippen molar-refractivity contribution < 1.29 is 38.1 Å². The van der Waals surface area contributed by atoms with Gasteiger partial charge in [0.15, 0.2) is 5.69 Å². The molecule has 0 aliphatic carbocycles. The largest absolute Gasteiger partial charge is 0.464 e. The van der Waals surface area contributed by atoms with E-state index in [2.05, 4.69) is 4.98 Å². The summed E-state index contributed by atoms with van der Waals surface area (Å²) in [6, 6.07) is 17.0. The molecule has 1 saturated heterocycles. The lowest BCUT2D eigenvalue weighted by molar-refractivity contribution is -0.0271. The van der Waals surface area contributed by atoms with Crippen LogP contribution in [0.25, 0.3) is 0 Å². The molecular formula is C32H36N4O9. The van der Waals surface area contributed by atoms with Crippen LogP contribution in [0.2, 0.25) is 0 Å². The fourth-order valence-corrected chi connectivity index (χ4v) is 4.88. The molecule has 0 radical (unpaired) electrons. The van der Waals surface area contributed by atoms with Crippen molar-refractivity contribution in [1.82, 2.24) is 19.4 Å². The van der Waals surface area contributed by atoms with Crippen molar-refractivity contribution in [3.63, 3.8) is 0 Å². The first-order valence-electron chi connectivity index (χ1n) is 14.2. The van der Waals surface area contributed by atoms with Gasteiger partial charge >= 0.3 is 24.1 Å². The first-order chi connectivity index (χ1) is 21.2. The van der Waals surface area contributed by atoms with Gasteiger partial charge in [-0.3, -0.25) is 14.3 Å². The molecule has 1 aliphatic rings. The van der Waals surface area contributed by atoms with Gasteiger partial charge in [0, 0.05) is 20.1 Å². The fraction of sp³-hybridized carbons (Fsp3) is 0.375. The first kappa shape index (κ1) is 32.7. The second-order valence-corrected chi connectivity index (χ2v) is 11.6. The molecule has 0 saturated carbocycles. The summed E-state index contributed by atoms with van der Waals surface area (Å²) in [6.07, 6.45) is -1.38. The van der Waals surface area contributed by atoms with E-state index >= 15 is 0 Å². The van der Waals surface area contributed by atoms with Crippen molar-refractivity contribution in [2.24, 2.45) is 7.05 Å². The maximum absolute atomic E-state index is 13.8. The Morgan fingerprint density at radius 1 is 0.911 bits per heavy atom. The van der Waals surface area contributed by atoms with Gasteiger partial charge in [-0.1, -0.05) is 48.5 Å². The number of methoxy groups -OCH3 is 1. The molecule has 1 fully saturated rings. The van der Waals surface area contributed by atoms with E-state index in [1.807, 2.05) is 18.2 Å². The second-order valence-electron chi connectivity index (χ2n) is 11.6. The topological polar surface area (TPSA) is 147 Å². The smallest absolute Gasteiger partial charge is 0.411 e. The normalized spacial score (nSPS) is 16.5. The molecule has 1 unspecified atom stereocenters. The highest BCUT2D eigenvalue weighted by atomic mass is 16.6. The third kappa shape index (κ3) is 7.31. The van der Waals surface area contributed by atoms with Crippen LogP contribution in [0.5, 0.6) is 5.75 Å². The quantitative estimate of drug-likeness (QED) is 0.294. The Balaban J connectivity index is 1.79. The van der Waals surface area contributed by atoms with Crippen LogP contribution in [0.4, 0.5) is 9.59 Å². The number of hydrogen-bond donors (Lipinski definition) is 0. The highest BCUT2D eigenvalue weighted by Crippen LogP contribution is 2.33. The van der Waals surface area contributed by atoms with Gasteiger partial charge in [0.25, 0.3) is 5.56 Å². The van der Waals surface area contributed by atoms with Gasteiger partial charge < -0.3 is 23.8 Å². The van der Waals surface area contributed by atoms with Gasteiger partial charge in [-0.25, -0.2) is 24.2 Å². The van der Waals surface area contributed by atoms with E-state index in [0.29, 0.717) is 0 Å². The van der Waals surface area contributed by atoms with Gasteiger partial charge in [0.1, 0.15) is 23.6 Å². The van der Waals surface area contributed by atoms with Crippen LogP contribution in [0.3, 0.4) is 0 Å². The van der Waals surface area contributed by atoms with Crippen molar-refractivity contribution >= 4 is 24.1 Å². The Morgan fingerprint density at radius 2 is 1.53 bits per heavy atom. The summed E-state index contributed by atoms with van der Waals surface area (Å²) >= 11 is 0. The van der Waals surface area contributed by atoms with E-state index < -0.39 is 52.3 Å². The molecule has 1 aromatic heterocycles. The number of nitrogens with zero attached hydrogens (tertiary/aromatic N) is 4. The number of benzene rings is 2. The predicted octanol–water partition coefficient (Wildman–Crippen LogP) is 3.89. The Hall–Kier alpha value is -5.20.